The van der Waals surface area contributed by atoms with Crippen LogP contribution in [-0.2, 0) is 9.59 Å². The number of carbonyl (C=O) groups is 2. The Kier molecular flexibility index (Phi) is 5.00. The Morgan fingerprint density at radius 1 is 1.25 bits per heavy atom. The Balaban J connectivity index is 1.63. The van der Waals surface area contributed by atoms with Gasteiger partial charge in [0.15, 0.2) is 11.5 Å². The van der Waals surface area contributed by atoms with Gasteiger partial charge in [0.2, 0.25) is 0 Å². The van der Waals surface area contributed by atoms with Gasteiger partial charge < -0.3 is 9.47 Å². The molecular formula is C20H20BrClN2O4. The zero-order chi connectivity index (χ0) is 20.2. The van der Waals surface area contributed by atoms with Crippen LogP contribution in [-0.4, -0.2) is 36.3 Å². The van der Waals surface area contributed by atoms with Gasteiger partial charge in [0, 0.05) is 10.0 Å². The van der Waals surface area contributed by atoms with Crippen molar-refractivity contribution in [3.8, 4) is 11.5 Å². The smallest absolute Gasteiger partial charge is 0.254 e. The number of halogens is 2. The van der Waals surface area contributed by atoms with Crippen LogP contribution in [0.25, 0.3) is 0 Å². The summed E-state index contributed by atoms with van der Waals surface area (Å²) in [5.41, 5.74) is 0.580. The van der Waals surface area contributed by atoms with E-state index in [1.807, 2.05) is 13.8 Å². The van der Waals surface area contributed by atoms with E-state index in [4.69, 9.17) is 21.1 Å². The summed E-state index contributed by atoms with van der Waals surface area (Å²) in [4.78, 5) is 25.5. The summed E-state index contributed by atoms with van der Waals surface area (Å²) in [6, 6.07) is 1.70. The molecule has 3 aliphatic rings. The number of nitrogens with zero attached hydrogens (tertiary/aromatic N) is 2. The first-order chi connectivity index (χ1) is 13.3. The van der Waals surface area contributed by atoms with E-state index in [0.717, 1.165) is 11.4 Å². The molecule has 0 N–H and O–H groups in total. The number of carbonyl (C=O) groups excluding carboxylic acids is 2. The van der Waals surface area contributed by atoms with Crippen LogP contribution in [0.3, 0.4) is 0 Å². The largest absolute Gasteiger partial charge is 0.493 e. The predicted molar refractivity (Wildman–Crippen MR) is 109 cm³/mol. The van der Waals surface area contributed by atoms with Crippen molar-refractivity contribution in [3.63, 3.8) is 0 Å². The molecule has 2 fully saturated rings. The van der Waals surface area contributed by atoms with Crippen LogP contribution in [0.1, 0.15) is 25.8 Å². The third kappa shape index (κ3) is 2.95. The van der Waals surface area contributed by atoms with Crippen LogP contribution in [0.2, 0.25) is 5.02 Å². The maximum atomic E-state index is 12.7. The number of imide groups is 1. The lowest BCUT2D eigenvalue weighted by Gasteiger charge is -2.17. The highest BCUT2D eigenvalue weighted by Gasteiger charge is 2.59. The zero-order valence-electron chi connectivity index (χ0n) is 15.7. The Bertz CT molecular complexity index is 884. The van der Waals surface area contributed by atoms with E-state index in [1.165, 1.54) is 13.3 Å². The van der Waals surface area contributed by atoms with Gasteiger partial charge in [-0.05, 0) is 54.1 Å². The normalized spacial score (nSPS) is 28.1. The minimum Gasteiger partial charge on any atom is -0.493 e. The number of allylic oxidation sites excluding steroid dienone is 2. The number of methoxy groups -OCH3 is 1. The molecular weight excluding hydrogens is 448 g/mol. The number of ether oxygens (including phenoxy) is 2. The molecule has 1 aliphatic heterocycles. The molecule has 0 spiro atoms. The molecule has 8 heteroatoms. The maximum absolute atomic E-state index is 12.7. The first-order valence-electron chi connectivity index (χ1n) is 9.16. The van der Waals surface area contributed by atoms with E-state index >= 15 is 0 Å². The van der Waals surface area contributed by atoms with Crippen molar-refractivity contribution in [1.82, 2.24) is 5.01 Å². The van der Waals surface area contributed by atoms with Crippen LogP contribution in [0, 0.1) is 23.7 Å². The maximum Gasteiger partial charge on any atom is 0.254 e. The lowest BCUT2D eigenvalue weighted by Crippen LogP contribution is -2.28. The first-order valence-corrected chi connectivity index (χ1v) is 10.3. The van der Waals surface area contributed by atoms with Crippen LogP contribution < -0.4 is 9.47 Å². The molecule has 148 valence electrons. The second kappa shape index (κ2) is 7.19. The summed E-state index contributed by atoms with van der Waals surface area (Å²) >= 11 is 9.88. The van der Waals surface area contributed by atoms with E-state index in [-0.39, 0.29) is 41.6 Å². The Morgan fingerprint density at radius 2 is 1.86 bits per heavy atom. The molecule has 0 aromatic heterocycles. The van der Waals surface area contributed by atoms with E-state index in [9.17, 15) is 9.59 Å². The fraction of sp³-hybridized carbons (Fsp3) is 0.450. The number of fused-ring (bicyclic) bond motifs is 5. The molecule has 0 unspecified atom stereocenters. The minimum atomic E-state index is -0.275. The highest BCUT2D eigenvalue weighted by molar-refractivity contribution is 9.10. The predicted octanol–water partition coefficient (Wildman–Crippen LogP) is 4.04. The first kappa shape index (κ1) is 19.5. The number of hydrazone groups is 1. The summed E-state index contributed by atoms with van der Waals surface area (Å²) in [5, 5.41) is 5.55. The summed E-state index contributed by atoms with van der Waals surface area (Å²) < 4.78 is 11.7. The van der Waals surface area contributed by atoms with Crippen molar-refractivity contribution < 1.29 is 19.1 Å². The molecule has 28 heavy (non-hydrogen) atoms. The van der Waals surface area contributed by atoms with Crippen molar-refractivity contribution in [2.45, 2.75) is 26.4 Å². The molecule has 1 saturated heterocycles. The van der Waals surface area contributed by atoms with Crippen molar-refractivity contribution in [2.75, 3.05) is 7.11 Å². The topological polar surface area (TPSA) is 68.2 Å². The van der Waals surface area contributed by atoms with E-state index in [1.54, 1.807) is 6.07 Å². The van der Waals surface area contributed by atoms with Crippen molar-refractivity contribution >= 4 is 45.6 Å². The summed E-state index contributed by atoms with van der Waals surface area (Å²) in [6.07, 6.45) is 6.36. The zero-order valence-corrected chi connectivity index (χ0v) is 18.0. The van der Waals surface area contributed by atoms with Crippen molar-refractivity contribution in [1.29, 1.82) is 0 Å². The third-order valence-corrected chi connectivity index (χ3v) is 6.93. The summed E-state index contributed by atoms with van der Waals surface area (Å²) in [6.45, 7) is 3.78. The second-order valence-electron chi connectivity index (χ2n) is 7.52. The molecule has 2 aliphatic carbocycles. The molecule has 4 atom stereocenters. The van der Waals surface area contributed by atoms with E-state index < -0.39 is 0 Å². The third-order valence-electron chi connectivity index (χ3n) is 5.49. The molecule has 1 saturated carbocycles. The Hall–Kier alpha value is -1.86. The van der Waals surface area contributed by atoms with Crippen molar-refractivity contribution in [3.05, 3.63) is 33.3 Å². The van der Waals surface area contributed by atoms with Crippen molar-refractivity contribution in [2.24, 2.45) is 28.8 Å². The van der Waals surface area contributed by atoms with Gasteiger partial charge in [-0.2, -0.15) is 10.1 Å². The van der Waals surface area contributed by atoms with Gasteiger partial charge in [-0.1, -0.05) is 23.8 Å². The number of rotatable bonds is 5. The second-order valence-corrected chi connectivity index (χ2v) is 8.70. The van der Waals surface area contributed by atoms with Crippen LogP contribution >= 0.6 is 27.5 Å². The summed E-state index contributed by atoms with van der Waals surface area (Å²) in [5.74, 6) is 0.177. The van der Waals surface area contributed by atoms with Gasteiger partial charge in [-0.25, -0.2) is 0 Å². The molecule has 2 bridgehead atoms. The van der Waals surface area contributed by atoms with Crippen LogP contribution in [0.15, 0.2) is 27.8 Å². The van der Waals surface area contributed by atoms with Gasteiger partial charge in [-0.3, -0.25) is 9.59 Å². The van der Waals surface area contributed by atoms with E-state index in [0.29, 0.717) is 26.6 Å². The van der Waals surface area contributed by atoms with Crippen LogP contribution in [0.5, 0.6) is 11.5 Å². The van der Waals surface area contributed by atoms with E-state index in [2.05, 4.69) is 33.2 Å². The molecule has 1 aromatic rings. The molecule has 4 rings (SSSR count). The lowest BCUT2D eigenvalue weighted by molar-refractivity contribution is -0.140. The summed E-state index contributed by atoms with van der Waals surface area (Å²) in [7, 11) is 1.52. The molecule has 0 radical (unpaired) electrons. The van der Waals surface area contributed by atoms with Gasteiger partial charge in [0.25, 0.3) is 11.8 Å². The quantitative estimate of drug-likeness (QED) is 0.372. The van der Waals surface area contributed by atoms with Gasteiger partial charge in [-0.15, -0.1) is 0 Å². The Morgan fingerprint density at radius 3 is 2.39 bits per heavy atom. The van der Waals surface area contributed by atoms with Gasteiger partial charge in [0.05, 0.1) is 31.3 Å². The minimum absolute atomic E-state index is 0.0824. The Labute approximate surface area is 176 Å². The lowest BCUT2D eigenvalue weighted by atomic mass is 9.85. The fourth-order valence-corrected chi connectivity index (χ4v) is 4.96. The molecule has 1 heterocycles. The monoisotopic (exact) mass is 466 g/mol. The molecule has 2 amide bonds. The highest BCUT2D eigenvalue weighted by atomic mass is 79.9. The average Bonchev–Trinajstić information content (AvgIpc) is 3.33. The number of hydrogen-bond donors (Lipinski definition) is 0. The highest BCUT2D eigenvalue weighted by Crippen LogP contribution is 2.52. The number of hydrogen-bond acceptors (Lipinski definition) is 5. The SMILES string of the molecule is COc1cc(C=NN2C(=O)[C@@H]3[C@H](C2=O)[C@H]2C=C[C@H]3C2)c(Br)c(Cl)c1OC(C)C. The van der Waals surface area contributed by atoms with Gasteiger partial charge >= 0.3 is 0 Å². The van der Waals surface area contributed by atoms with Crippen LogP contribution in [0.4, 0.5) is 0 Å². The molecule has 6 nitrogen and oxygen atoms in total. The van der Waals surface area contributed by atoms with Gasteiger partial charge in [0.1, 0.15) is 5.02 Å². The fourth-order valence-electron chi connectivity index (χ4n) is 4.32. The number of amides is 2. The average molecular weight is 468 g/mol. The standard InChI is InChI=1S/C20H20BrClN2O4/c1-9(2)28-18-13(27-3)7-12(16(21)17(18)22)8-23-24-19(25)14-10-4-5-11(6-10)15(14)20(24)26/h4-5,7-11,14-15H,6H2,1-3H3/t10-,11-,14-,15+/m0/s1. The molecule has 1 aromatic carbocycles. The number of benzene rings is 1.